The van der Waals surface area contributed by atoms with Crippen LogP contribution in [0.3, 0.4) is 0 Å². The number of benzene rings is 1. The summed E-state index contributed by atoms with van der Waals surface area (Å²) in [6.07, 6.45) is 0. The first-order valence-corrected chi connectivity index (χ1v) is 7.45. The SMILES string of the molecule is CC(C)(CBr)CSc1cc(Cl)ccc1Cl. The van der Waals surface area contributed by atoms with E-state index in [0.717, 1.165) is 26.0 Å². The number of thioether (sulfide) groups is 1. The smallest absolute Gasteiger partial charge is 0.0542 e. The molecule has 15 heavy (non-hydrogen) atoms. The number of alkyl halides is 1. The van der Waals surface area contributed by atoms with E-state index in [2.05, 4.69) is 29.8 Å². The van der Waals surface area contributed by atoms with Gasteiger partial charge in [0.05, 0.1) is 5.02 Å². The molecule has 84 valence electrons. The van der Waals surface area contributed by atoms with Gasteiger partial charge in [0, 0.05) is 21.0 Å². The zero-order valence-corrected chi connectivity index (χ0v) is 12.6. The molecule has 0 aliphatic rings. The molecular weight excluding hydrogens is 315 g/mol. The minimum atomic E-state index is 0.260. The highest BCUT2D eigenvalue weighted by molar-refractivity contribution is 9.09. The highest BCUT2D eigenvalue weighted by Crippen LogP contribution is 2.34. The third kappa shape index (κ3) is 4.56. The summed E-state index contributed by atoms with van der Waals surface area (Å²) in [4.78, 5) is 1.05. The van der Waals surface area contributed by atoms with Crippen molar-refractivity contribution in [3.05, 3.63) is 28.2 Å². The molecule has 0 saturated carbocycles. The summed E-state index contributed by atoms with van der Waals surface area (Å²) in [5.74, 6) is 1.01. The van der Waals surface area contributed by atoms with Gasteiger partial charge in [-0.05, 0) is 23.6 Å². The fourth-order valence-corrected chi connectivity index (χ4v) is 2.94. The van der Waals surface area contributed by atoms with Crippen LogP contribution in [0, 0.1) is 5.41 Å². The van der Waals surface area contributed by atoms with Crippen LogP contribution in [0.4, 0.5) is 0 Å². The van der Waals surface area contributed by atoms with Crippen molar-refractivity contribution in [2.45, 2.75) is 18.7 Å². The van der Waals surface area contributed by atoms with Gasteiger partial charge in [-0.15, -0.1) is 11.8 Å². The maximum absolute atomic E-state index is 6.08. The number of hydrogen-bond acceptors (Lipinski definition) is 1. The van der Waals surface area contributed by atoms with E-state index >= 15 is 0 Å². The molecule has 0 N–H and O–H groups in total. The largest absolute Gasteiger partial charge is 0.124 e. The van der Waals surface area contributed by atoms with Crippen molar-refractivity contribution in [2.75, 3.05) is 11.1 Å². The molecule has 0 unspecified atom stereocenters. The van der Waals surface area contributed by atoms with Gasteiger partial charge in [0.15, 0.2) is 0 Å². The molecule has 0 heterocycles. The van der Waals surface area contributed by atoms with Crippen molar-refractivity contribution < 1.29 is 0 Å². The van der Waals surface area contributed by atoms with Crippen LogP contribution in [0.2, 0.25) is 10.0 Å². The topological polar surface area (TPSA) is 0 Å². The predicted molar refractivity (Wildman–Crippen MR) is 74.8 cm³/mol. The van der Waals surface area contributed by atoms with Gasteiger partial charge in [0.25, 0.3) is 0 Å². The van der Waals surface area contributed by atoms with E-state index in [1.165, 1.54) is 0 Å². The standard InChI is InChI=1S/C11H13BrCl2S/c1-11(2,6-12)7-15-10-5-8(13)3-4-9(10)14/h3-5H,6-7H2,1-2H3. The van der Waals surface area contributed by atoms with E-state index in [1.54, 1.807) is 11.8 Å². The molecule has 0 fully saturated rings. The molecule has 0 aliphatic heterocycles. The monoisotopic (exact) mass is 326 g/mol. The Hall–Kier alpha value is 0.630. The second-order valence-corrected chi connectivity index (χ2v) is 6.58. The van der Waals surface area contributed by atoms with Crippen LogP contribution in [0.25, 0.3) is 0 Å². The molecule has 1 aromatic rings. The first-order valence-electron chi connectivity index (χ1n) is 4.58. The molecule has 0 spiro atoms. The molecule has 0 saturated heterocycles. The van der Waals surface area contributed by atoms with E-state index < -0.39 is 0 Å². The summed E-state index contributed by atoms with van der Waals surface area (Å²) in [7, 11) is 0. The van der Waals surface area contributed by atoms with Gasteiger partial charge in [-0.25, -0.2) is 0 Å². The van der Waals surface area contributed by atoms with Crippen LogP contribution in [0.15, 0.2) is 23.1 Å². The molecule has 1 aromatic carbocycles. The first-order chi connectivity index (χ1) is 6.94. The summed E-state index contributed by atoms with van der Waals surface area (Å²) in [5.41, 5.74) is 0.260. The third-order valence-electron chi connectivity index (χ3n) is 1.87. The average Bonchev–Trinajstić information content (AvgIpc) is 2.20. The summed E-state index contributed by atoms with van der Waals surface area (Å²) < 4.78 is 0. The molecule has 0 atom stereocenters. The Morgan fingerprint density at radius 1 is 1.33 bits per heavy atom. The zero-order valence-electron chi connectivity index (χ0n) is 8.69. The van der Waals surface area contributed by atoms with E-state index in [9.17, 15) is 0 Å². The Bertz CT molecular complexity index is 339. The van der Waals surface area contributed by atoms with E-state index in [0.29, 0.717) is 0 Å². The average molecular weight is 328 g/mol. The Morgan fingerprint density at radius 2 is 2.00 bits per heavy atom. The normalized spacial score (nSPS) is 11.8. The Morgan fingerprint density at radius 3 is 2.60 bits per heavy atom. The van der Waals surface area contributed by atoms with Crippen LogP contribution in [0.5, 0.6) is 0 Å². The molecule has 1 rings (SSSR count). The van der Waals surface area contributed by atoms with Gasteiger partial charge in [-0.1, -0.05) is 53.0 Å². The number of rotatable bonds is 4. The quantitative estimate of drug-likeness (QED) is 0.519. The van der Waals surface area contributed by atoms with E-state index in [-0.39, 0.29) is 5.41 Å². The second-order valence-electron chi connectivity index (χ2n) is 4.16. The van der Waals surface area contributed by atoms with Gasteiger partial charge in [-0.3, -0.25) is 0 Å². The zero-order chi connectivity index (χ0) is 11.5. The fourth-order valence-electron chi connectivity index (χ4n) is 0.900. The van der Waals surface area contributed by atoms with Crippen LogP contribution in [-0.4, -0.2) is 11.1 Å². The third-order valence-corrected chi connectivity index (χ3v) is 5.64. The second kappa shape index (κ2) is 5.81. The summed E-state index contributed by atoms with van der Waals surface area (Å²) in [6, 6.07) is 5.57. The van der Waals surface area contributed by atoms with E-state index in [4.69, 9.17) is 23.2 Å². The molecule has 4 heteroatoms. The first kappa shape index (κ1) is 13.7. The maximum Gasteiger partial charge on any atom is 0.0542 e. The lowest BCUT2D eigenvalue weighted by atomic mass is 10.0. The molecule has 0 amide bonds. The van der Waals surface area contributed by atoms with Crippen LogP contribution >= 0.6 is 50.9 Å². The highest BCUT2D eigenvalue weighted by atomic mass is 79.9. The maximum atomic E-state index is 6.08. The van der Waals surface area contributed by atoms with Crippen molar-refractivity contribution in [2.24, 2.45) is 5.41 Å². The molecule has 0 radical (unpaired) electrons. The van der Waals surface area contributed by atoms with Gasteiger partial charge in [-0.2, -0.15) is 0 Å². The fraction of sp³-hybridized carbons (Fsp3) is 0.455. The lowest BCUT2D eigenvalue weighted by Crippen LogP contribution is -2.16. The number of halogens is 3. The van der Waals surface area contributed by atoms with Crippen molar-refractivity contribution in [1.82, 2.24) is 0 Å². The van der Waals surface area contributed by atoms with Gasteiger partial charge in [0.1, 0.15) is 0 Å². The van der Waals surface area contributed by atoms with Gasteiger partial charge >= 0.3 is 0 Å². The Labute approximate surface area is 114 Å². The Balaban J connectivity index is 2.69. The molecule has 0 aromatic heterocycles. The predicted octanol–water partition coefficient (Wildman–Crippen LogP) is 5.51. The summed E-state index contributed by atoms with van der Waals surface area (Å²) in [5, 5.41) is 2.49. The summed E-state index contributed by atoms with van der Waals surface area (Å²) in [6.45, 7) is 4.43. The van der Waals surface area contributed by atoms with Crippen molar-refractivity contribution >= 4 is 50.9 Å². The Kier molecular flexibility index (Phi) is 5.30. The van der Waals surface area contributed by atoms with Crippen LogP contribution < -0.4 is 0 Å². The van der Waals surface area contributed by atoms with Gasteiger partial charge in [0.2, 0.25) is 0 Å². The minimum Gasteiger partial charge on any atom is -0.124 e. The van der Waals surface area contributed by atoms with Crippen molar-refractivity contribution in [3.63, 3.8) is 0 Å². The lowest BCUT2D eigenvalue weighted by Gasteiger charge is -2.21. The highest BCUT2D eigenvalue weighted by Gasteiger charge is 2.17. The van der Waals surface area contributed by atoms with E-state index in [1.807, 2.05) is 18.2 Å². The molecular formula is C11H13BrCl2S. The lowest BCUT2D eigenvalue weighted by molar-refractivity contribution is 0.496. The molecule has 0 bridgehead atoms. The van der Waals surface area contributed by atoms with Crippen molar-refractivity contribution in [3.8, 4) is 0 Å². The van der Waals surface area contributed by atoms with Gasteiger partial charge < -0.3 is 0 Å². The van der Waals surface area contributed by atoms with Crippen LogP contribution in [0.1, 0.15) is 13.8 Å². The molecule has 0 aliphatic carbocycles. The van der Waals surface area contributed by atoms with Crippen LogP contribution in [-0.2, 0) is 0 Å². The molecule has 0 nitrogen and oxygen atoms in total. The number of hydrogen-bond donors (Lipinski definition) is 0. The summed E-state index contributed by atoms with van der Waals surface area (Å²) >= 11 is 17.2. The minimum absolute atomic E-state index is 0.260. The van der Waals surface area contributed by atoms with Crippen molar-refractivity contribution in [1.29, 1.82) is 0 Å².